The van der Waals surface area contributed by atoms with Crippen LogP contribution in [-0.2, 0) is 10.8 Å². The molecule has 0 N–H and O–H groups in total. The number of rotatable bonds is 6. The SMILES string of the molecule is Cc1ccccc1N(c1ccc(C=Cc2ccc3c(c2)C(C)(C)C2=C3C(C)(C)c3cc(-c4ccc5ccccc5c4)ccc32)cc1)c1ccccc1C. The molecule has 0 atom stereocenters. The van der Waals surface area contributed by atoms with E-state index in [9.17, 15) is 0 Å². The van der Waals surface area contributed by atoms with Gasteiger partial charge >= 0.3 is 0 Å². The normalized spacial score (nSPS) is 15.1. The van der Waals surface area contributed by atoms with Gasteiger partial charge in [0.15, 0.2) is 0 Å². The van der Waals surface area contributed by atoms with Crippen LogP contribution in [0.1, 0.15) is 72.2 Å². The monoisotopic (exact) mass is 683 g/mol. The fourth-order valence-corrected chi connectivity index (χ4v) is 9.03. The molecule has 7 aromatic rings. The molecular weight excluding hydrogens is 639 g/mol. The molecule has 2 aliphatic rings. The number of benzene rings is 7. The predicted molar refractivity (Wildman–Crippen MR) is 228 cm³/mol. The van der Waals surface area contributed by atoms with Crippen molar-refractivity contribution < 1.29 is 0 Å². The van der Waals surface area contributed by atoms with E-state index in [0.29, 0.717) is 0 Å². The summed E-state index contributed by atoms with van der Waals surface area (Å²) in [5.41, 5.74) is 19.4. The fraction of sp³-hybridized carbons (Fsp3) is 0.154. The molecule has 0 spiro atoms. The molecule has 0 unspecified atom stereocenters. The van der Waals surface area contributed by atoms with Crippen LogP contribution in [0.25, 0.3) is 45.2 Å². The number of anilines is 3. The minimum absolute atomic E-state index is 0.0936. The maximum absolute atomic E-state index is 2.46. The fourth-order valence-electron chi connectivity index (χ4n) is 9.03. The number of para-hydroxylation sites is 2. The van der Waals surface area contributed by atoms with Gasteiger partial charge in [-0.05, 0) is 128 Å². The summed E-state index contributed by atoms with van der Waals surface area (Å²) < 4.78 is 0. The van der Waals surface area contributed by atoms with Crippen molar-refractivity contribution in [3.05, 3.63) is 196 Å². The maximum Gasteiger partial charge on any atom is 0.0490 e. The van der Waals surface area contributed by atoms with Crippen molar-refractivity contribution in [1.82, 2.24) is 0 Å². The molecule has 2 aliphatic carbocycles. The first-order valence-electron chi connectivity index (χ1n) is 18.8. The van der Waals surface area contributed by atoms with Gasteiger partial charge in [-0.15, -0.1) is 0 Å². The third-order valence-corrected chi connectivity index (χ3v) is 11.9. The Morgan fingerprint density at radius 3 is 1.57 bits per heavy atom. The van der Waals surface area contributed by atoms with E-state index in [1.54, 1.807) is 0 Å². The van der Waals surface area contributed by atoms with Gasteiger partial charge in [-0.2, -0.15) is 0 Å². The van der Waals surface area contributed by atoms with Crippen molar-refractivity contribution in [1.29, 1.82) is 0 Å². The second-order valence-corrected chi connectivity index (χ2v) is 16.0. The highest BCUT2D eigenvalue weighted by atomic mass is 15.1. The van der Waals surface area contributed by atoms with Crippen LogP contribution in [-0.4, -0.2) is 0 Å². The first-order valence-corrected chi connectivity index (χ1v) is 18.8. The lowest BCUT2D eigenvalue weighted by Crippen LogP contribution is -2.19. The zero-order chi connectivity index (χ0) is 36.5. The number of hydrogen-bond acceptors (Lipinski definition) is 1. The maximum atomic E-state index is 2.46. The highest BCUT2D eigenvalue weighted by Gasteiger charge is 2.49. The second-order valence-electron chi connectivity index (χ2n) is 16.0. The van der Waals surface area contributed by atoms with Gasteiger partial charge in [0.1, 0.15) is 0 Å². The molecule has 0 aliphatic heterocycles. The van der Waals surface area contributed by atoms with E-state index in [4.69, 9.17) is 0 Å². The van der Waals surface area contributed by atoms with Gasteiger partial charge in [0.25, 0.3) is 0 Å². The largest absolute Gasteiger partial charge is 0.310 e. The Bertz CT molecular complexity index is 2580. The lowest BCUT2D eigenvalue weighted by molar-refractivity contribution is 0.694. The van der Waals surface area contributed by atoms with E-state index in [-0.39, 0.29) is 10.8 Å². The Morgan fingerprint density at radius 1 is 0.434 bits per heavy atom. The van der Waals surface area contributed by atoms with Gasteiger partial charge in [0, 0.05) is 27.9 Å². The first kappa shape index (κ1) is 33.0. The molecule has 1 heteroatoms. The van der Waals surface area contributed by atoms with Gasteiger partial charge in [-0.25, -0.2) is 0 Å². The van der Waals surface area contributed by atoms with Gasteiger partial charge in [0.05, 0.1) is 0 Å². The van der Waals surface area contributed by atoms with E-state index >= 15 is 0 Å². The molecule has 0 saturated heterocycles. The van der Waals surface area contributed by atoms with Crippen LogP contribution in [0.15, 0.2) is 152 Å². The zero-order valence-corrected chi connectivity index (χ0v) is 31.5. The summed E-state index contributed by atoms with van der Waals surface area (Å²) in [5.74, 6) is 0. The third-order valence-electron chi connectivity index (χ3n) is 11.9. The van der Waals surface area contributed by atoms with E-state index in [2.05, 4.69) is 210 Å². The summed E-state index contributed by atoms with van der Waals surface area (Å²) in [4.78, 5) is 2.37. The molecule has 0 bridgehead atoms. The van der Waals surface area contributed by atoms with Crippen molar-refractivity contribution in [3.63, 3.8) is 0 Å². The first-order chi connectivity index (χ1) is 25.6. The molecule has 9 rings (SSSR count). The average Bonchev–Trinajstić information content (AvgIpc) is 3.56. The highest BCUT2D eigenvalue weighted by molar-refractivity contribution is 6.10. The number of fused-ring (bicyclic) bond motifs is 5. The Balaban J connectivity index is 1.00. The van der Waals surface area contributed by atoms with E-state index < -0.39 is 0 Å². The average molecular weight is 684 g/mol. The van der Waals surface area contributed by atoms with E-state index in [1.165, 1.54) is 88.9 Å². The summed E-state index contributed by atoms with van der Waals surface area (Å²) >= 11 is 0. The summed E-state index contributed by atoms with van der Waals surface area (Å²) in [6, 6.07) is 55.9. The predicted octanol–water partition coefficient (Wildman–Crippen LogP) is 14.3. The number of hydrogen-bond donors (Lipinski definition) is 0. The molecule has 1 nitrogen and oxygen atoms in total. The highest BCUT2D eigenvalue weighted by Crippen LogP contribution is 2.62. The standard InChI is InChI=1S/C52H45N/c1-34-13-7-11-17-47(34)53(48-18-12-8-14-35(48)2)42-27-21-36(22-28-42)19-20-37-23-29-43-45(31-37)51(3,4)50-44-30-26-41(33-46(44)52(5,6)49(43)50)40-25-24-38-15-9-10-16-39(38)32-40/h7-33H,1-6H3. The lowest BCUT2D eigenvalue weighted by atomic mass is 9.75. The van der Waals surface area contributed by atoms with Crippen LogP contribution in [0.5, 0.6) is 0 Å². The Morgan fingerprint density at radius 2 is 0.925 bits per heavy atom. The van der Waals surface area contributed by atoms with Crippen molar-refractivity contribution in [2.45, 2.75) is 52.4 Å². The second kappa shape index (κ2) is 12.3. The summed E-state index contributed by atoms with van der Waals surface area (Å²) in [7, 11) is 0. The summed E-state index contributed by atoms with van der Waals surface area (Å²) in [6.07, 6.45) is 4.51. The van der Waals surface area contributed by atoms with Crippen LogP contribution in [0.3, 0.4) is 0 Å². The molecule has 0 fully saturated rings. The van der Waals surface area contributed by atoms with Crippen molar-refractivity contribution in [2.75, 3.05) is 4.90 Å². The molecule has 53 heavy (non-hydrogen) atoms. The molecule has 0 saturated carbocycles. The summed E-state index contributed by atoms with van der Waals surface area (Å²) in [6.45, 7) is 14.0. The van der Waals surface area contributed by atoms with Gasteiger partial charge < -0.3 is 4.90 Å². The summed E-state index contributed by atoms with van der Waals surface area (Å²) in [5, 5.41) is 2.56. The van der Waals surface area contributed by atoms with Crippen molar-refractivity contribution in [3.8, 4) is 11.1 Å². The number of nitrogens with zero attached hydrogens (tertiary/aromatic N) is 1. The number of aryl methyl sites for hydroxylation is 2. The molecule has 0 aromatic heterocycles. The smallest absolute Gasteiger partial charge is 0.0490 e. The molecular formula is C52H45N. The molecule has 0 heterocycles. The minimum atomic E-state index is -0.0995. The molecule has 7 aromatic carbocycles. The lowest BCUT2D eigenvalue weighted by Gasteiger charge is -2.28. The Kier molecular flexibility index (Phi) is 7.68. The molecule has 0 amide bonds. The van der Waals surface area contributed by atoms with Gasteiger partial charge in [-0.1, -0.05) is 155 Å². The van der Waals surface area contributed by atoms with E-state index in [1.807, 2.05) is 0 Å². The third kappa shape index (κ3) is 5.37. The molecule has 0 radical (unpaired) electrons. The minimum Gasteiger partial charge on any atom is -0.310 e. The van der Waals surface area contributed by atoms with E-state index in [0.717, 1.165) is 5.69 Å². The van der Waals surface area contributed by atoms with Crippen molar-refractivity contribution in [2.24, 2.45) is 0 Å². The Labute approximate surface area is 314 Å². The number of allylic oxidation sites excluding steroid dienone is 2. The van der Waals surface area contributed by atoms with Crippen LogP contribution in [0.4, 0.5) is 17.1 Å². The van der Waals surface area contributed by atoms with Crippen LogP contribution in [0.2, 0.25) is 0 Å². The van der Waals surface area contributed by atoms with Gasteiger partial charge in [0.2, 0.25) is 0 Å². The van der Waals surface area contributed by atoms with Crippen LogP contribution >= 0.6 is 0 Å². The Hall–Kier alpha value is -5.92. The van der Waals surface area contributed by atoms with Crippen molar-refractivity contribution >= 4 is 51.1 Å². The van der Waals surface area contributed by atoms with Gasteiger partial charge in [-0.3, -0.25) is 0 Å². The zero-order valence-electron chi connectivity index (χ0n) is 31.5. The quantitative estimate of drug-likeness (QED) is 0.158. The molecule has 258 valence electrons. The topological polar surface area (TPSA) is 3.24 Å². The van der Waals surface area contributed by atoms with Crippen LogP contribution < -0.4 is 4.90 Å². The van der Waals surface area contributed by atoms with Crippen LogP contribution in [0, 0.1) is 13.8 Å².